The van der Waals surface area contributed by atoms with E-state index in [-0.39, 0.29) is 0 Å². The molecule has 4 bridgehead atoms. The van der Waals surface area contributed by atoms with Crippen LogP contribution < -0.4 is 0 Å². The first kappa shape index (κ1) is 12.1. The van der Waals surface area contributed by atoms with Gasteiger partial charge in [0.1, 0.15) is 11.8 Å². The van der Waals surface area contributed by atoms with Crippen LogP contribution in [0.5, 0.6) is 0 Å². The van der Waals surface area contributed by atoms with Crippen LogP contribution in [-0.2, 0) is 0 Å². The second-order valence-corrected chi connectivity index (χ2v) is 6.99. The molecule has 0 amide bonds. The summed E-state index contributed by atoms with van der Waals surface area (Å²) in [5, 5.41) is 9.06. The molecule has 4 rings (SSSR count). The molecule has 4 aliphatic rings. The van der Waals surface area contributed by atoms with Gasteiger partial charge >= 0.3 is 0 Å². The molecular formula is C16H24N2. The number of allylic oxidation sites excluding steroid dienone is 1. The molecule has 0 radical (unpaired) electrons. The number of hydrogen-bond acceptors (Lipinski definition) is 2. The van der Waals surface area contributed by atoms with Crippen molar-refractivity contribution in [3.8, 4) is 6.07 Å². The van der Waals surface area contributed by atoms with Crippen molar-refractivity contribution in [2.45, 2.75) is 45.4 Å². The van der Waals surface area contributed by atoms with Gasteiger partial charge in [0, 0.05) is 13.1 Å². The summed E-state index contributed by atoms with van der Waals surface area (Å²) in [6.45, 7) is 8.06. The topological polar surface area (TPSA) is 27.0 Å². The first-order valence-corrected chi connectivity index (χ1v) is 7.48. The Morgan fingerprint density at radius 1 is 1.22 bits per heavy atom. The molecule has 0 spiro atoms. The Morgan fingerprint density at radius 2 is 1.72 bits per heavy atom. The summed E-state index contributed by atoms with van der Waals surface area (Å²) in [7, 11) is 0. The van der Waals surface area contributed by atoms with Gasteiger partial charge in [-0.1, -0.05) is 6.58 Å². The first-order valence-electron chi connectivity index (χ1n) is 7.48. The molecule has 0 N–H and O–H groups in total. The number of rotatable bonds is 4. The Balaban J connectivity index is 1.75. The van der Waals surface area contributed by atoms with Crippen LogP contribution in [0.3, 0.4) is 0 Å². The van der Waals surface area contributed by atoms with Crippen LogP contribution in [0.2, 0.25) is 0 Å². The molecule has 0 unspecified atom stereocenters. The zero-order chi connectivity index (χ0) is 12.8. The molecule has 0 atom stereocenters. The summed E-state index contributed by atoms with van der Waals surface area (Å²) in [5.74, 6) is 2.97. The highest BCUT2D eigenvalue weighted by molar-refractivity contribution is 5.16. The molecule has 0 aliphatic heterocycles. The van der Waals surface area contributed by atoms with Gasteiger partial charge in [-0.3, -0.25) is 0 Å². The van der Waals surface area contributed by atoms with E-state index < -0.39 is 0 Å². The van der Waals surface area contributed by atoms with E-state index >= 15 is 0 Å². The van der Waals surface area contributed by atoms with Gasteiger partial charge in [-0.25, -0.2) is 0 Å². The van der Waals surface area contributed by atoms with E-state index in [1.54, 1.807) is 0 Å². The Hall–Kier alpha value is -0.970. The van der Waals surface area contributed by atoms with Crippen molar-refractivity contribution in [3.05, 3.63) is 12.3 Å². The largest absolute Gasteiger partial charge is 0.363 e. The maximum atomic E-state index is 9.06. The van der Waals surface area contributed by atoms with E-state index in [1.165, 1.54) is 38.5 Å². The molecule has 0 aromatic heterocycles. The summed E-state index contributed by atoms with van der Waals surface area (Å²) in [4.78, 5) is 2.22. The minimum Gasteiger partial charge on any atom is -0.363 e. The molecule has 4 aliphatic carbocycles. The predicted octanol–water partition coefficient (Wildman–Crippen LogP) is 3.56. The molecule has 4 fully saturated rings. The molecule has 0 aromatic carbocycles. The SMILES string of the molecule is C=C(C#N)N(CC)CC12CC3CC(CC(C3)C1)C2. The third kappa shape index (κ3) is 1.94. The second-order valence-electron chi connectivity index (χ2n) is 6.99. The molecule has 0 heterocycles. The van der Waals surface area contributed by atoms with Crippen LogP contribution in [0, 0.1) is 34.5 Å². The second kappa shape index (κ2) is 4.30. The maximum absolute atomic E-state index is 9.06. The van der Waals surface area contributed by atoms with Gasteiger partial charge in [0.15, 0.2) is 0 Å². The summed E-state index contributed by atoms with van der Waals surface area (Å²) >= 11 is 0. The maximum Gasteiger partial charge on any atom is 0.116 e. The number of nitriles is 1. The van der Waals surface area contributed by atoms with Gasteiger partial charge in [0.05, 0.1) is 0 Å². The van der Waals surface area contributed by atoms with Crippen LogP contribution in [-0.4, -0.2) is 18.0 Å². The minimum absolute atomic E-state index is 0.518. The van der Waals surface area contributed by atoms with Gasteiger partial charge in [-0.2, -0.15) is 5.26 Å². The Bertz CT molecular complexity index is 355. The van der Waals surface area contributed by atoms with Gasteiger partial charge in [-0.15, -0.1) is 0 Å². The summed E-state index contributed by atoms with van der Waals surface area (Å²) < 4.78 is 0. The van der Waals surface area contributed by atoms with Crippen LogP contribution in [0.1, 0.15) is 45.4 Å². The lowest BCUT2D eigenvalue weighted by Crippen LogP contribution is -2.50. The highest BCUT2D eigenvalue weighted by atomic mass is 15.1. The van der Waals surface area contributed by atoms with Crippen molar-refractivity contribution in [2.75, 3.05) is 13.1 Å². The third-order valence-corrected chi connectivity index (χ3v) is 5.58. The first-order chi connectivity index (χ1) is 8.64. The molecule has 4 saturated carbocycles. The molecule has 18 heavy (non-hydrogen) atoms. The average molecular weight is 244 g/mol. The van der Waals surface area contributed by atoms with E-state index in [9.17, 15) is 0 Å². The lowest BCUT2D eigenvalue weighted by atomic mass is 9.49. The zero-order valence-electron chi connectivity index (χ0n) is 11.5. The van der Waals surface area contributed by atoms with E-state index in [0.717, 1.165) is 30.8 Å². The summed E-state index contributed by atoms with van der Waals surface area (Å²) in [5.41, 5.74) is 1.18. The Labute approximate surface area is 111 Å². The third-order valence-electron chi connectivity index (χ3n) is 5.58. The number of nitrogens with zero attached hydrogens (tertiary/aromatic N) is 2. The smallest absolute Gasteiger partial charge is 0.116 e. The lowest BCUT2D eigenvalue weighted by Gasteiger charge is -2.58. The molecule has 0 aromatic rings. The van der Waals surface area contributed by atoms with E-state index in [4.69, 9.17) is 5.26 Å². The van der Waals surface area contributed by atoms with Crippen molar-refractivity contribution in [2.24, 2.45) is 23.2 Å². The van der Waals surface area contributed by atoms with Crippen molar-refractivity contribution in [1.82, 2.24) is 4.90 Å². The predicted molar refractivity (Wildman–Crippen MR) is 72.6 cm³/mol. The van der Waals surface area contributed by atoms with Crippen LogP contribution >= 0.6 is 0 Å². The van der Waals surface area contributed by atoms with Gasteiger partial charge in [0.25, 0.3) is 0 Å². The van der Waals surface area contributed by atoms with Crippen molar-refractivity contribution in [1.29, 1.82) is 5.26 Å². The highest BCUT2D eigenvalue weighted by Crippen LogP contribution is 2.60. The molecule has 2 nitrogen and oxygen atoms in total. The number of hydrogen-bond donors (Lipinski definition) is 0. The quantitative estimate of drug-likeness (QED) is 0.707. The molecule has 2 heteroatoms. The van der Waals surface area contributed by atoms with Gasteiger partial charge in [0.2, 0.25) is 0 Å². The van der Waals surface area contributed by atoms with Crippen LogP contribution in [0.25, 0.3) is 0 Å². The fourth-order valence-corrected chi connectivity index (χ4v) is 5.36. The van der Waals surface area contributed by atoms with E-state index in [2.05, 4.69) is 24.5 Å². The summed E-state index contributed by atoms with van der Waals surface area (Å²) in [6.07, 6.45) is 8.70. The molecular weight excluding hydrogens is 220 g/mol. The van der Waals surface area contributed by atoms with Crippen LogP contribution in [0.15, 0.2) is 12.3 Å². The van der Waals surface area contributed by atoms with Crippen molar-refractivity contribution < 1.29 is 0 Å². The monoisotopic (exact) mass is 244 g/mol. The van der Waals surface area contributed by atoms with Gasteiger partial charge < -0.3 is 4.90 Å². The summed E-state index contributed by atoms with van der Waals surface area (Å²) in [6, 6.07) is 2.23. The van der Waals surface area contributed by atoms with Crippen molar-refractivity contribution in [3.63, 3.8) is 0 Å². The normalized spacial score (nSPS) is 40.6. The molecule has 98 valence electrons. The van der Waals surface area contributed by atoms with E-state index in [0.29, 0.717) is 11.1 Å². The standard InChI is InChI=1S/C16H24N2/c1-3-18(12(2)10-17)11-16-7-13-4-14(8-16)6-15(5-13)9-16/h13-15H,2-9,11H2,1H3. The van der Waals surface area contributed by atoms with Gasteiger partial charge in [-0.05, 0) is 68.6 Å². The minimum atomic E-state index is 0.518. The lowest BCUT2D eigenvalue weighted by molar-refractivity contribution is -0.0641. The van der Waals surface area contributed by atoms with Crippen molar-refractivity contribution >= 4 is 0 Å². The van der Waals surface area contributed by atoms with Crippen LogP contribution in [0.4, 0.5) is 0 Å². The Kier molecular flexibility index (Phi) is 2.88. The zero-order valence-corrected chi connectivity index (χ0v) is 11.5. The highest BCUT2D eigenvalue weighted by Gasteiger charge is 2.51. The van der Waals surface area contributed by atoms with E-state index in [1.807, 2.05) is 0 Å². The molecule has 0 saturated heterocycles. The Morgan fingerprint density at radius 3 is 2.11 bits per heavy atom. The average Bonchev–Trinajstić information content (AvgIpc) is 2.33. The fraction of sp³-hybridized carbons (Fsp3) is 0.812. The fourth-order valence-electron chi connectivity index (χ4n) is 5.36.